The number of aromatic nitrogens is 2. The first kappa shape index (κ1) is 33.0. The molecule has 1 fully saturated rings. The van der Waals surface area contributed by atoms with Crippen LogP contribution in [0, 0.1) is 24.1 Å². The second kappa shape index (κ2) is 14.0. The van der Waals surface area contributed by atoms with Crippen molar-refractivity contribution in [3.05, 3.63) is 87.0 Å². The molecule has 1 amide bonds. The van der Waals surface area contributed by atoms with E-state index in [0.29, 0.717) is 31.0 Å². The predicted molar refractivity (Wildman–Crippen MR) is 168 cm³/mol. The molecule has 13 heteroatoms. The van der Waals surface area contributed by atoms with Gasteiger partial charge in [-0.05, 0) is 75.7 Å². The maximum atomic E-state index is 15.5. The van der Waals surface area contributed by atoms with Crippen molar-refractivity contribution in [2.75, 3.05) is 26.3 Å². The van der Waals surface area contributed by atoms with E-state index in [2.05, 4.69) is 10.2 Å². The van der Waals surface area contributed by atoms with Gasteiger partial charge in [-0.2, -0.15) is 5.26 Å². The Labute approximate surface area is 275 Å². The van der Waals surface area contributed by atoms with Crippen molar-refractivity contribution in [2.24, 2.45) is 0 Å². The lowest BCUT2D eigenvalue weighted by Crippen LogP contribution is -2.49. The van der Waals surface area contributed by atoms with Gasteiger partial charge in [-0.25, -0.2) is 9.18 Å². The third-order valence-corrected chi connectivity index (χ3v) is 7.33. The minimum absolute atomic E-state index is 0.0205. The minimum Gasteiger partial charge on any atom is -0.491 e. The van der Waals surface area contributed by atoms with Gasteiger partial charge >= 0.3 is 6.09 Å². The van der Waals surface area contributed by atoms with Crippen LogP contribution in [0.15, 0.2) is 52.9 Å². The van der Waals surface area contributed by atoms with Crippen molar-refractivity contribution in [3.63, 3.8) is 0 Å². The Bertz CT molecular complexity index is 1780. The minimum atomic E-state index is -0.709. The number of morpholine rings is 1. The van der Waals surface area contributed by atoms with Crippen molar-refractivity contribution in [3.8, 4) is 34.8 Å². The lowest BCUT2D eigenvalue weighted by atomic mass is 10.1. The Morgan fingerprint density at radius 2 is 1.93 bits per heavy atom. The Kier molecular flexibility index (Phi) is 10.0. The summed E-state index contributed by atoms with van der Waals surface area (Å²) in [7, 11) is 0. The SMILES string of the molecule is Cc1cc(OC[C@H]2CN(C(=O)OC(C)(C)C)CCO2)ccc1-c1nnc(Cc2ccc(Cl)c(Oc3cc(Cl)cc(C#N)c3)c2F)o1. The summed E-state index contributed by atoms with van der Waals surface area (Å²) in [5.74, 6) is 0.291. The van der Waals surface area contributed by atoms with E-state index < -0.39 is 11.4 Å². The summed E-state index contributed by atoms with van der Waals surface area (Å²) in [5.41, 5.74) is 1.40. The molecule has 4 aromatic rings. The topological polar surface area (TPSA) is 120 Å². The molecule has 0 unspecified atom stereocenters. The fourth-order valence-electron chi connectivity index (χ4n) is 4.67. The molecule has 0 N–H and O–H groups in total. The van der Waals surface area contributed by atoms with E-state index in [4.69, 9.17) is 46.6 Å². The standard InChI is InChI=1S/C33H31Cl2FN4O6/c1-19-11-23(43-18-25-17-40(9-10-42-25)32(41)46-33(2,3)4)6-7-26(19)31-39-38-28(45-31)14-21-5-8-27(35)30(29(21)36)44-24-13-20(16-37)12-22(34)15-24/h5-8,11-13,15,25H,9-10,14,17-18H2,1-4H3/t25-/m1/s1. The van der Waals surface area contributed by atoms with Crippen LogP contribution in [-0.2, 0) is 15.9 Å². The van der Waals surface area contributed by atoms with Crippen molar-refractivity contribution >= 4 is 29.3 Å². The molecule has 0 bridgehead atoms. The molecule has 1 saturated heterocycles. The van der Waals surface area contributed by atoms with Crippen molar-refractivity contribution in [1.82, 2.24) is 15.1 Å². The molecule has 0 spiro atoms. The number of nitriles is 1. The molecule has 2 heterocycles. The zero-order valence-electron chi connectivity index (χ0n) is 25.6. The number of benzene rings is 3. The van der Waals surface area contributed by atoms with Gasteiger partial charge in [-0.1, -0.05) is 29.3 Å². The van der Waals surface area contributed by atoms with E-state index in [-0.39, 0.29) is 69.7 Å². The molecule has 1 aliphatic rings. The van der Waals surface area contributed by atoms with Gasteiger partial charge < -0.3 is 28.3 Å². The van der Waals surface area contributed by atoms with Crippen LogP contribution in [0.2, 0.25) is 10.0 Å². The highest BCUT2D eigenvalue weighted by molar-refractivity contribution is 6.32. The van der Waals surface area contributed by atoms with Crippen LogP contribution < -0.4 is 9.47 Å². The van der Waals surface area contributed by atoms with Crippen molar-refractivity contribution in [2.45, 2.75) is 45.8 Å². The summed E-state index contributed by atoms with van der Waals surface area (Å²) in [6.45, 7) is 8.83. The van der Waals surface area contributed by atoms with Gasteiger partial charge in [-0.3, -0.25) is 0 Å². The fraction of sp³-hybridized carbons (Fsp3) is 0.333. The zero-order valence-corrected chi connectivity index (χ0v) is 27.1. The predicted octanol–water partition coefficient (Wildman–Crippen LogP) is 7.76. The first-order chi connectivity index (χ1) is 21.9. The lowest BCUT2D eigenvalue weighted by Gasteiger charge is -2.34. The Hall–Kier alpha value is -4.37. The highest BCUT2D eigenvalue weighted by Crippen LogP contribution is 2.36. The monoisotopic (exact) mass is 668 g/mol. The first-order valence-electron chi connectivity index (χ1n) is 14.4. The average Bonchev–Trinajstić information content (AvgIpc) is 3.47. The molecule has 0 saturated carbocycles. The molecular formula is C33H31Cl2FN4O6. The molecule has 1 aliphatic heterocycles. The summed E-state index contributed by atoms with van der Waals surface area (Å²) in [4.78, 5) is 14.1. The molecule has 0 aliphatic carbocycles. The average molecular weight is 670 g/mol. The van der Waals surface area contributed by atoms with Crippen molar-refractivity contribution < 1.29 is 32.5 Å². The zero-order chi connectivity index (χ0) is 33.0. The molecule has 5 rings (SSSR count). The van der Waals surface area contributed by atoms with Gasteiger partial charge in [0.1, 0.15) is 29.8 Å². The van der Waals surface area contributed by atoms with Crippen LogP contribution in [0.4, 0.5) is 9.18 Å². The van der Waals surface area contributed by atoms with Crippen LogP contribution in [0.25, 0.3) is 11.5 Å². The van der Waals surface area contributed by atoms with Crippen LogP contribution in [0.3, 0.4) is 0 Å². The Morgan fingerprint density at radius 3 is 2.67 bits per heavy atom. The molecule has 1 aromatic heterocycles. The molecule has 240 valence electrons. The van der Waals surface area contributed by atoms with Crippen LogP contribution >= 0.6 is 23.2 Å². The summed E-state index contributed by atoms with van der Waals surface area (Å²) in [5, 5.41) is 17.8. The second-order valence-electron chi connectivity index (χ2n) is 11.6. The highest BCUT2D eigenvalue weighted by atomic mass is 35.5. The fourth-order valence-corrected chi connectivity index (χ4v) is 5.08. The number of hydrogen-bond acceptors (Lipinski definition) is 9. The quantitative estimate of drug-likeness (QED) is 0.185. The molecule has 0 radical (unpaired) electrons. The third-order valence-electron chi connectivity index (χ3n) is 6.81. The lowest BCUT2D eigenvalue weighted by molar-refractivity contribution is -0.0557. The van der Waals surface area contributed by atoms with Gasteiger partial charge in [0.15, 0.2) is 11.6 Å². The number of rotatable bonds is 8. The van der Waals surface area contributed by atoms with E-state index >= 15 is 4.39 Å². The molecule has 3 aromatic carbocycles. The number of hydrogen-bond donors (Lipinski definition) is 0. The molecular weight excluding hydrogens is 638 g/mol. The van der Waals surface area contributed by atoms with E-state index in [9.17, 15) is 10.1 Å². The maximum Gasteiger partial charge on any atom is 0.410 e. The summed E-state index contributed by atoms with van der Waals surface area (Å²) >= 11 is 12.3. The van der Waals surface area contributed by atoms with Crippen molar-refractivity contribution in [1.29, 1.82) is 5.26 Å². The number of carbonyl (C=O) groups excluding carboxylic acids is 1. The Balaban J connectivity index is 1.22. The van der Waals surface area contributed by atoms with Gasteiger partial charge in [-0.15, -0.1) is 10.2 Å². The van der Waals surface area contributed by atoms with Crippen LogP contribution in [-0.4, -0.2) is 59.2 Å². The highest BCUT2D eigenvalue weighted by Gasteiger charge is 2.28. The smallest absolute Gasteiger partial charge is 0.410 e. The van der Waals surface area contributed by atoms with Crippen LogP contribution in [0.1, 0.15) is 43.4 Å². The third kappa shape index (κ3) is 8.26. The van der Waals surface area contributed by atoms with Gasteiger partial charge in [0.05, 0.1) is 36.2 Å². The second-order valence-corrected chi connectivity index (χ2v) is 12.5. The number of halogens is 3. The van der Waals surface area contributed by atoms with E-state index in [1.165, 1.54) is 30.3 Å². The number of amides is 1. The molecule has 46 heavy (non-hydrogen) atoms. The first-order valence-corrected chi connectivity index (χ1v) is 15.2. The molecule has 1 atom stereocenters. The molecule has 10 nitrogen and oxygen atoms in total. The number of aryl methyl sites for hydroxylation is 1. The maximum absolute atomic E-state index is 15.5. The van der Waals surface area contributed by atoms with Crippen LogP contribution in [0.5, 0.6) is 17.2 Å². The largest absolute Gasteiger partial charge is 0.491 e. The van der Waals surface area contributed by atoms with Gasteiger partial charge in [0.2, 0.25) is 11.8 Å². The number of ether oxygens (including phenoxy) is 4. The summed E-state index contributed by atoms with van der Waals surface area (Å²) in [6.07, 6.45) is -0.701. The van der Waals surface area contributed by atoms with E-state index in [0.717, 1.165) is 5.56 Å². The summed E-state index contributed by atoms with van der Waals surface area (Å²) < 4.78 is 44.3. The number of carbonyl (C=O) groups is 1. The van der Waals surface area contributed by atoms with E-state index in [1.807, 2.05) is 39.8 Å². The normalized spacial score (nSPS) is 14.9. The van der Waals surface area contributed by atoms with Gasteiger partial charge in [0.25, 0.3) is 0 Å². The summed E-state index contributed by atoms with van der Waals surface area (Å²) in [6, 6.07) is 14.7. The Morgan fingerprint density at radius 1 is 1.13 bits per heavy atom. The van der Waals surface area contributed by atoms with E-state index in [1.54, 1.807) is 17.0 Å². The van der Waals surface area contributed by atoms with Gasteiger partial charge in [0, 0.05) is 22.7 Å². The number of nitrogens with zero attached hydrogens (tertiary/aromatic N) is 4.